The molecule has 0 bridgehead atoms. The molecule has 4 rings (SSSR count). The Labute approximate surface area is 169 Å². The molecule has 3 aromatic rings. The normalized spacial score (nSPS) is 17.0. The molecule has 1 atom stereocenters. The first-order chi connectivity index (χ1) is 13.5. The van der Waals surface area contributed by atoms with Gasteiger partial charge in [0.2, 0.25) is 5.95 Å². The van der Waals surface area contributed by atoms with Crippen molar-refractivity contribution in [1.82, 2.24) is 19.5 Å². The Hall–Kier alpha value is -2.65. The van der Waals surface area contributed by atoms with Crippen molar-refractivity contribution in [3.63, 3.8) is 0 Å². The van der Waals surface area contributed by atoms with Gasteiger partial charge in [-0.25, -0.2) is 19.3 Å². The van der Waals surface area contributed by atoms with Gasteiger partial charge in [-0.1, -0.05) is 22.0 Å². The van der Waals surface area contributed by atoms with E-state index in [4.69, 9.17) is 4.74 Å². The van der Waals surface area contributed by atoms with E-state index in [1.54, 1.807) is 25.4 Å². The third-order valence-electron chi connectivity index (χ3n) is 4.61. The van der Waals surface area contributed by atoms with Gasteiger partial charge in [0.15, 0.2) is 0 Å². The monoisotopic (exact) mass is 445 g/mol. The molecule has 1 saturated heterocycles. The minimum Gasteiger partial charge on any atom is -0.370 e. The number of nitrogens with zero attached hydrogens (tertiary/aromatic N) is 5. The van der Waals surface area contributed by atoms with Crippen LogP contribution in [0.25, 0.3) is 11.4 Å². The first kappa shape index (κ1) is 18.7. The highest BCUT2D eigenvalue weighted by Crippen LogP contribution is 2.31. The van der Waals surface area contributed by atoms with Crippen LogP contribution in [0.2, 0.25) is 0 Å². The molecule has 28 heavy (non-hydrogen) atoms. The quantitative estimate of drug-likeness (QED) is 0.616. The molecule has 7 nitrogen and oxygen atoms in total. The van der Waals surface area contributed by atoms with Crippen LogP contribution < -0.4 is 10.5 Å². The van der Waals surface area contributed by atoms with Gasteiger partial charge < -0.3 is 9.64 Å². The molecule has 144 valence electrons. The second kappa shape index (κ2) is 7.76. The van der Waals surface area contributed by atoms with Crippen molar-refractivity contribution in [3.8, 4) is 11.4 Å². The molecule has 1 unspecified atom stereocenters. The number of benzene rings is 1. The number of morpholine rings is 1. The summed E-state index contributed by atoms with van der Waals surface area (Å²) in [6.45, 7) is 1.53. The van der Waals surface area contributed by atoms with E-state index < -0.39 is 0 Å². The summed E-state index contributed by atoms with van der Waals surface area (Å²) in [5.41, 5.74) is 1.75. The van der Waals surface area contributed by atoms with Crippen molar-refractivity contribution >= 4 is 21.9 Å². The van der Waals surface area contributed by atoms with Gasteiger partial charge in [-0.2, -0.15) is 0 Å². The molecule has 9 heteroatoms. The van der Waals surface area contributed by atoms with Gasteiger partial charge in [0.05, 0.1) is 24.5 Å². The topological polar surface area (TPSA) is 73.1 Å². The zero-order valence-corrected chi connectivity index (χ0v) is 16.6. The Balaban J connectivity index is 1.68. The SMILES string of the molecule is Cn1c(N2CCOC(c3ccc(F)cc3Br)C2)nc(-c2ccncn2)cc1=O. The summed E-state index contributed by atoms with van der Waals surface area (Å²) in [6.07, 6.45) is 2.76. The van der Waals surface area contributed by atoms with Crippen LogP contribution in [0.4, 0.5) is 10.3 Å². The zero-order chi connectivity index (χ0) is 19.7. The molecule has 2 aromatic heterocycles. The van der Waals surface area contributed by atoms with Gasteiger partial charge in [-0.15, -0.1) is 0 Å². The molecular weight excluding hydrogens is 429 g/mol. The lowest BCUT2D eigenvalue weighted by atomic mass is 10.1. The number of hydrogen-bond donors (Lipinski definition) is 0. The van der Waals surface area contributed by atoms with E-state index in [9.17, 15) is 9.18 Å². The summed E-state index contributed by atoms with van der Waals surface area (Å²) >= 11 is 3.40. The largest absolute Gasteiger partial charge is 0.370 e. The second-order valence-corrected chi connectivity index (χ2v) is 7.26. The van der Waals surface area contributed by atoms with Crippen molar-refractivity contribution in [2.45, 2.75) is 6.10 Å². The minimum absolute atomic E-state index is 0.176. The van der Waals surface area contributed by atoms with Crippen LogP contribution in [-0.4, -0.2) is 39.2 Å². The highest BCUT2D eigenvalue weighted by Gasteiger charge is 2.26. The molecule has 1 aromatic carbocycles. The van der Waals surface area contributed by atoms with E-state index in [2.05, 4.69) is 30.9 Å². The lowest BCUT2D eigenvalue weighted by molar-refractivity contribution is 0.0385. The fourth-order valence-corrected chi connectivity index (χ4v) is 3.77. The molecule has 0 aliphatic carbocycles. The molecule has 0 amide bonds. The van der Waals surface area contributed by atoms with Crippen LogP contribution in [0.1, 0.15) is 11.7 Å². The van der Waals surface area contributed by atoms with E-state index >= 15 is 0 Å². The summed E-state index contributed by atoms with van der Waals surface area (Å²) in [7, 11) is 1.69. The maximum Gasteiger partial charge on any atom is 0.255 e. The standard InChI is InChI=1S/C19H17BrFN5O2/c1-25-18(27)9-16(15-4-5-22-11-23-15)24-19(25)26-6-7-28-17(10-26)13-3-2-12(21)8-14(13)20/h2-5,8-9,11,17H,6-7,10H2,1H3. The molecule has 0 radical (unpaired) electrons. The number of rotatable bonds is 3. The van der Waals surface area contributed by atoms with E-state index in [-0.39, 0.29) is 17.5 Å². The van der Waals surface area contributed by atoms with Gasteiger partial charge in [0.25, 0.3) is 5.56 Å². The predicted molar refractivity (Wildman–Crippen MR) is 106 cm³/mol. The molecule has 1 aliphatic heterocycles. The molecule has 1 fully saturated rings. The van der Waals surface area contributed by atoms with Crippen LogP contribution in [0.3, 0.4) is 0 Å². The van der Waals surface area contributed by atoms with Gasteiger partial charge >= 0.3 is 0 Å². The summed E-state index contributed by atoms with van der Waals surface area (Å²) in [5.74, 6) is 0.220. The maximum atomic E-state index is 13.4. The summed E-state index contributed by atoms with van der Waals surface area (Å²) < 4.78 is 21.5. The van der Waals surface area contributed by atoms with Gasteiger partial charge in [0.1, 0.15) is 18.2 Å². The number of aromatic nitrogens is 4. The third kappa shape index (κ3) is 3.67. The van der Waals surface area contributed by atoms with Crippen LogP contribution in [0.15, 0.2) is 52.1 Å². The smallest absolute Gasteiger partial charge is 0.255 e. The molecule has 3 heterocycles. The first-order valence-corrected chi connectivity index (χ1v) is 9.48. The predicted octanol–water partition coefficient (Wildman–Crippen LogP) is 2.72. The van der Waals surface area contributed by atoms with Crippen molar-refractivity contribution in [1.29, 1.82) is 0 Å². The Morgan fingerprint density at radius 3 is 2.86 bits per heavy atom. The third-order valence-corrected chi connectivity index (χ3v) is 5.30. The van der Waals surface area contributed by atoms with Gasteiger partial charge in [-0.05, 0) is 23.8 Å². The number of hydrogen-bond acceptors (Lipinski definition) is 6. The summed E-state index contributed by atoms with van der Waals surface area (Å²) in [6, 6.07) is 7.70. The van der Waals surface area contributed by atoms with Crippen molar-refractivity contribution in [3.05, 3.63) is 69.1 Å². The van der Waals surface area contributed by atoms with E-state index in [0.29, 0.717) is 41.5 Å². The minimum atomic E-state index is -0.315. The molecule has 1 aliphatic rings. The Kier molecular flexibility index (Phi) is 5.19. The van der Waals surface area contributed by atoms with E-state index in [0.717, 1.165) is 5.56 Å². The fraction of sp³-hybridized carbons (Fsp3) is 0.263. The van der Waals surface area contributed by atoms with Crippen molar-refractivity contribution in [2.24, 2.45) is 7.05 Å². The fourth-order valence-electron chi connectivity index (χ4n) is 3.17. The summed E-state index contributed by atoms with van der Waals surface area (Å²) in [4.78, 5) is 27.2. The number of halogens is 2. The summed E-state index contributed by atoms with van der Waals surface area (Å²) in [5, 5.41) is 0. The Morgan fingerprint density at radius 1 is 1.25 bits per heavy atom. The molecule has 0 N–H and O–H groups in total. The first-order valence-electron chi connectivity index (χ1n) is 8.69. The van der Waals surface area contributed by atoms with E-state index in [1.165, 1.54) is 29.1 Å². The lowest BCUT2D eigenvalue weighted by Gasteiger charge is -2.35. The Bertz CT molecular complexity index is 1060. The highest BCUT2D eigenvalue weighted by atomic mass is 79.9. The number of ether oxygens (including phenoxy) is 1. The average Bonchev–Trinajstić information content (AvgIpc) is 2.70. The molecule has 0 spiro atoms. The van der Waals surface area contributed by atoms with Crippen LogP contribution in [0.5, 0.6) is 0 Å². The maximum absolute atomic E-state index is 13.4. The lowest BCUT2D eigenvalue weighted by Crippen LogP contribution is -2.41. The van der Waals surface area contributed by atoms with Gasteiger partial charge in [-0.3, -0.25) is 9.36 Å². The molecular formula is C19H17BrFN5O2. The second-order valence-electron chi connectivity index (χ2n) is 6.40. The van der Waals surface area contributed by atoms with Crippen LogP contribution >= 0.6 is 15.9 Å². The zero-order valence-electron chi connectivity index (χ0n) is 15.0. The van der Waals surface area contributed by atoms with Crippen molar-refractivity contribution < 1.29 is 9.13 Å². The van der Waals surface area contributed by atoms with E-state index in [1.807, 2.05) is 4.90 Å². The number of anilines is 1. The highest BCUT2D eigenvalue weighted by molar-refractivity contribution is 9.10. The molecule has 0 saturated carbocycles. The van der Waals surface area contributed by atoms with Crippen molar-refractivity contribution in [2.75, 3.05) is 24.6 Å². The van der Waals surface area contributed by atoms with Crippen LogP contribution in [0, 0.1) is 5.82 Å². The van der Waals surface area contributed by atoms with Crippen LogP contribution in [-0.2, 0) is 11.8 Å². The van der Waals surface area contributed by atoms with Gasteiger partial charge in [0, 0.05) is 30.3 Å². The average molecular weight is 446 g/mol. The Morgan fingerprint density at radius 2 is 2.11 bits per heavy atom.